The highest BCUT2D eigenvalue weighted by Gasteiger charge is 2.21. The van der Waals surface area contributed by atoms with Gasteiger partial charge in [-0.3, -0.25) is 10.1 Å². The minimum atomic E-state index is -0.903. The zero-order chi connectivity index (χ0) is 13.9. The Kier molecular flexibility index (Phi) is 5.73. The molecule has 0 aromatic heterocycles. The molecule has 0 spiro atoms. The number of carbonyl (C=O) groups is 1. The topological polar surface area (TPSA) is 49.3 Å². The highest BCUT2D eigenvalue weighted by Crippen LogP contribution is 2.31. The molecule has 0 radical (unpaired) electrons. The van der Waals surface area contributed by atoms with Gasteiger partial charge in [-0.25, -0.2) is 0 Å². The Labute approximate surface area is 121 Å². The molecule has 0 aliphatic carbocycles. The predicted octanol–water partition coefficient (Wildman–Crippen LogP) is 3.85. The summed E-state index contributed by atoms with van der Waals surface area (Å²) in [6.07, 6.45) is 0. The van der Waals surface area contributed by atoms with Gasteiger partial charge in [0.05, 0.1) is 10.0 Å². The molecule has 1 unspecified atom stereocenters. The second-order valence-electron chi connectivity index (χ2n) is 4.26. The molecule has 18 heavy (non-hydrogen) atoms. The highest BCUT2D eigenvalue weighted by atomic mass is 35.5. The number of hydrogen-bond acceptors (Lipinski definition) is 2. The Morgan fingerprint density at radius 2 is 1.83 bits per heavy atom. The van der Waals surface area contributed by atoms with Crippen LogP contribution in [0.25, 0.3) is 0 Å². The average molecular weight is 311 g/mol. The van der Waals surface area contributed by atoms with Gasteiger partial charge in [0, 0.05) is 17.1 Å². The Hall–Kier alpha value is -0.480. The van der Waals surface area contributed by atoms with Gasteiger partial charge in [-0.15, -0.1) is 0 Å². The fourth-order valence-corrected chi connectivity index (χ4v) is 2.23. The van der Waals surface area contributed by atoms with Crippen LogP contribution in [-0.4, -0.2) is 17.1 Å². The third-order valence-corrected chi connectivity index (χ3v) is 3.77. The Balaban J connectivity index is 2.86. The maximum absolute atomic E-state index is 11.0. The van der Waals surface area contributed by atoms with Gasteiger partial charge < -0.3 is 5.11 Å². The van der Waals surface area contributed by atoms with Crippen LogP contribution in [0.5, 0.6) is 0 Å². The van der Waals surface area contributed by atoms with E-state index in [0.29, 0.717) is 20.6 Å². The van der Waals surface area contributed by atoms with Crippen LogP contribution >= 0.6 is 34.8 Å². The Morgan fingerprint density at radius 1 is 1.28 bits per heavy atom. The van der Waals surface area contributed by atoms with Crippen molar-refractivity contribution in [3.8, 4) is 0 Å². The van der Waals surface area contributed by atoms with Gasteiger partial charge in [-0.2, -0.15) is 0 Å². The molecule has 1 atom stereocenters. The second kappa shape index (κ2) is 6.62. The number of hydrogen-bond donors (Lipinski definition) is 2. The minimum absolute atomic E-state index is 0.0424. The van der Waals surface area contributed by atoms with Crippen LogP contribution in [0.2, 0.25) is 15.1 Å². The molecule has 0 saturated heterocycles. The molecule has 1 aromatic carbocycles. The number of nitrogens with one attached hydrogen (secondary N) is 1. The van der Waals surface area contributed by atoms with E-state index in [1.807, 2.05) is 13.8 Å². The summed E-state index contributed by atoms with van der Waals surface area (Å²) in [5, 5.41) is 13.2. The number of rotatable bonds is 5. The van der Waals surface area contributed by atoms with Crippen molar-refractivity contribution in [2.75, 3.05) is 0 Å². The van der Waals surface area contributed by atoms with E-state index in [9.17, 15) is 4.79 Å². The molecule has 0 amide bonds. The van der Waals surface area contributed by atoms with Crippen LogP contribution in [0, 0.1) is 5.92 Å². The van der Waals surface area contributed by atoms with Gasteiger partial charge in [0.15, 0.2) is 0 Å². The maximum atomic E-state index is 11.0. The van der Waals surface area contributed by atoms with Crippen molar-refractivity contribution >= 4 is 40.8 Å². The summed E-state index contributed by atoms with van der Waals surface area (Å²) in [4.78, 5) is 11.0. The zero-order valence-electron chi connectivity index (χ0n) is 10.0. The van der Waals surface area contributed by atoms with Crippen molar-refractivity contribution in [3.63, 3.8) is 0 Å². The van der Waals surface area contributed by atoms with E-state index in [2.05, 4.69) is 5.32 Å². The van der Waals surface area contributed by atoms with Crippen LogP contribution in [-0.2, 0) is 11.3 Å². The van der Waals surface area contributed by atoms with Crippen molar-refractivity contribution in [2.24, 2.45) is 5.92 Å². The van der Waals surface area contributed by atoms with Crippen LogP contribution in [0.1, 0.15) is 19.4 Å². The molecule has 1 aromatic rings. The fourth-order valence-electron chi connectivity index (χ4n) is 1.55. The smallest absolute Gasteiger partial charge is 0.320 e. The Morgan fingerprint density at radius 3 is 2.33 bits per heavy atom. The second-order valence-corrected chi connectivity index (χ2v) is 5.45. The van der Waals surface area contributed by atoms with E-state index in [4.69, 9.17) is 39.9 Å². The SMILES string of the molecule is CC(C)C(NCc1c(Cl)ccc(Cl)c1Cl)C(=O)O. The Bertz CT molecular complexity index is 449. The lowest BCUT2D eigenvalue weighted by Crippen LogP contribution is -2.40. The molecule has 0 heterocycles. The molecule has 6 heteroatoms. The van der Waals surface area contributed by atoms with Gasteiger partial charge >= 0.3 is 5.97 Å². The summed E-state index contributed by atoms with van der Waals surface area (Å²) in [5.74, 6) is -0.946. The molecule has 0 bridgehead atoms. The third kappa shape index (κ3) is 3.75. The maximum Gasteiger partial charge on any atom is 0.320 e. The van der Waals surface area contributed by atoms with E-state index >= 15 is 0 Å². The van der Waals surface area contributed by atoms with Crippen molar-refractivity contribution in [1.29, 1.82) is 0 Å². The van der Waals surface area contributed by atoms with Crippen LogP contribution in [0.3, 0.4) is 0 Å². The van der Waals surface area contributed by atoms with E-state index < -0.39 is 12.0 Å². The van der Waals surface area contributed by atoms with E-state index in [0.717, 1.165) is 0 Å². The lowest BCUT2D eigenvalue weighted by atomic mass is 10.0. The number of aliphatic carboxylic acids is 1. The number of halogens is 3. The summed E-state index contributed by atoms with van der Waals surface area (Å²) in [6, 6.07) is 2.58. The van der Waals surface area contributed by atoms with Gasteiger partial charge in [0.25, 0.3) is 0 Å². The van der Waals surface area contributed by atoms with Crippen molar-refractivity contribution in [3.05, 3.63) is 32.8 Å². The van der Waals surface area contributed by atoms with Gasteiger partial charge in [0.2, 0.25) is 0 Å². The highest BCUT2D eigenvalue weighted by molar-refractivity contribution is 6.44. The van der Waals surface area contributed by atoms with Gasteiger partial charge in [-0.1, -0.05) is 48.7 Å². The first-order valence-corrected chi connectivity index (χ1v) is 6.56. The first kappa shape index (κ1) is 15.6. The van der Waals surface area contributed by atoms with E-state index in [-0.39, 0.29) is 12.5 Å². The van der Waals surface area contributed by atoms with Crippen LogP contribution < -0.4 is 5.32 Å². The van der Waals surface area contributed by atoms with Crippen LogP contribution in [0.15, 0.2) is 12.1 Å². The summed E-state index contributed by atoms with van der Waals surface area (Å²) >= 11 is 17.9. The monoisotopic (exact) mass is 309 g/mol. The first-order chi connectivity index (χ1) is 8.34. The molecular formula is C12H14Cl3NO2. The van der Waals surface area contributed by atoms with Crippen molar-refractivity contribution in [2.45, 2.75) is 26.4 Å². The number of carboxylic acids is 1. The summed E-state index contributed by atoms with van der Waals surface area (Å²) in [6.45, 7) is 3.91. The molecule has 0 aliphatic rings. The lowest BCUT2D eigenvalue weighted by Gasteiger charge is -2.19. The summed E-state index contributed by atoms with van der Waals surface area (Å²) in [7, 11) is 0. The molecular weight excluding hydrogens is 296 g/mol. The molecule has 1 rings (SSSR count). The fraction of sp³-hybridized carbons (Fsp3) is 0.417. The molecule has 100 valence electrons. The van der Waals surface area contributed by atoms with Crippen LogP contribution in [0.4, 0.5) is 0 Å². The standard InChI is InChI=1S/C12H14Cl3NO2/c1-6(2)11(12(17)18)16-5-7-8(13)3-4-9(14)10(7)15/h3-4,6,11,16H,5H2,1-2H3,(H,17,18). The largest absolute Gasteiger partial charge is 0.480 e. The molecule has 2 N–H and O–H groups in total. The molecule has 0 aliphatic heterocycles. The average Bonchev–Trinajstić information content (AvgIpc) is 2.27. The van der Waals surface area contributed by atoms with Crippen molar-refractivity contribution in [1.82, 2.24) is 5.32 Å². The lowest BCUT2D eigenvalue weighted by molar-refractivity contribution is -0.140. The summed E-state index contributed by atoms with van der Waals surface area (Å²) in [5.41, 5.74) is 0.609. The predicted molar refractivity (Wildman–Crippen MR) is 74.6 cm³/mol. The zero-order valence-corrected chi connectivity index (χ0v) is 12.3. The van der Waals surface area contributed by atoms with E-state index in [1.54, 1.807) is 12.1 Å². The normalized spacial score (nSPS) is 12.8. The third-order valence-electron chi connectivity index (χ3n) is 2.57. The van der Waals surface area contributed by atoms with E-state index in [1.165, 1.54) is 0 Å². The minimum Gasteiger partial charge on any atom is -0.480 e. The number of benzene rings is 1. The van der Waals surface area contributed by atoms with Gasteiger partial charge in [-0.05, 0) is 18.1 Å². The first-order valence-electron chi connectivity index (χ1n) is 5.43. The quantitative estimate of drug-likeness (QED) is 0.812. The van der Waals surface area contributed by atoms with Crippen molar-refractivity contribution < 1.29 is 9.90 Å². The van der Waals surface area contributed by atoms with Gasteiger partial charge in [0.1, 0.15) is 6.04 Å². The summed E-state index contributed by atoms with van der Waals surface area (Å²) < 4.78 is 0. The number of carboxylic acid groups (broad SMARTS) is 1. The molecule has 3 nitrogen and oxygen atoms in total. The molecule has 0 saturated carbocycles. The molecule has 0 fully saturated rings.